The van der Waals surface area contributed by atoms with Gasteiger partial charge in [0.05, 0.1) is 0 Å². The topological polar surface area (TPSA) is 46.5 Å². The maximum Gasteiger partial charge on any atom is 0.417 e. The number of ether oxygens (including phenoxy) is 1. The summed E-state index contributed by atoms with van der Waals surface area (Å²) in [7, 11) is 0. The van der Waals surface area contributed by atoms with E-state index >= 15 is 0 Å². The molecule has 102 valence electrons. The maximum absolute atomic E-state index is 11.8. The number of carbonyl (C=O) groups excluding carboxylic acids is 1. The Kier molecular flexibility index (Phi) is 7.95. The Morgan fingerprint density at radius 1 is 1.24 bits per heavy atom. The standard InChI is InChI=1S/C11H19F3O3/c1-2-3-4-5-6-7-10(16)17-8-9(15)11(12,13)14/h9,15H,2-8H2,1H3. The lowest BCUT2D eigenvalue weighted by molar-refractivity contribution is -0.217. The molecule has 0 aromatic rings. The van der Waals surface area contributed by atoms with Gasteiger partial charge in [-0.05, 0) is 6.42 Å². The van der Waals surface area contributed by atoms with Gasteiger partial charge in [0, 0.05) is 6.42 Å². The van der Waals surface area contributed by atoms with Gasteiger partial charge < -0.3 is 9.84 Å². The third kappa shape index (κ3) is 8.97. The van der Waals surface area contributed by atoms with Crippen molar-refractivity contribution >= 4 is 5.97 Å². The van der Waals surface area contributed by atoms with Crippen LogP contribution in [0.2, 0.25) is 0 Å². The minimum absolute atomic E-state index is 0.105. The maximum atomic E-state index is 11.8. The van der Waals surface area contributed by atoms with Crippen LogP contribution in [0, 0.1) is 0 Å². The average molecular weight is 256 g/mol. The fraction of sp³-hybridized carbons (Fsp3) is 0.909. The number of esters is 1. The summed E-state index contributed by atoms with van der Waals surface area (Å²) in [6, 6.07) is 0. The van der Waals surface area contributed by atoms with Crippen molar-refractivity contribution in [3.63, 3.8) is 0 Å². The lowest BCUT2D eigenvalue weighted by Crippen LogP contribution is -2.33. The summed E-state index contributed by atoms with van der Waals surface area (Å²) in [6.07, 6.45) is -2.56. The molecule has 0 aromatic carbocycles. The average Bonchev–Trinajstić information content (AvgIpc) is 2.24. The first-order chi connectivity index (χ1) is 7.88. The van der Waals surface area contributed by atoms with E-state index in [1.54, 1.807) is 0 Å². The van der Waals surface area contributed by atoms with E-state index in [9.17, 15) is 18.0 Å². The van der Waals surface area contributed by atoms with E-state index in [0.717, 1.165) is 25.7 Å². The summed E-state index contributed by atoms with van der Waals surface area (Å²) in [5, 5.41) is 8.57. The van der Waals surface area contributed by atoms with Gasteiger partial charge in [-0.2, -0.15) is 13.2 Å². The molecule has 17 heavy (non-hydrogen) atoms. The van der Waals surface area contributed by atoms with Crippen LogP contribution in [0.15, 0.2) is 0 Å². The molecule has 1 unspecified atom stereocenters. The number of alkyl halides is 3. The van der Waals surface area contributed by atoms with Crippen molar-refractivity contribution in [2.75, 3.05) is 6.61 Å². The minimum atomic E-state index is -4.73. The summed E-state index contributed by atoms with van der Waals surface area (Å²) in [5.74, 6) is -0.690. The molecule has 0 saturated carbocycles. The van der Waals surface area contributed by atoms with Gasteiger partial charge >= 0.3 is 12.1 Å². The molecule has 1 atom stereocenters. The SMILES string of the molecule is CCCCCCCC(=O)OCC(O)C(F)(F)F. The molecule has 0 amide bonds. The zero-order valence-corrected chi connectivity index (χ0v) is 9.92. The van der Waals surface area contributed by atoms with E-state index in [2.05, 4.69) is 11.7 Å². The van der Waals surface area contributed by atoms with Crippen molar-refractivity contribution in [2.45, 2.75) is 57.7 Å². The molecule has 1 N–H and O–H groups in total. The van der Waals surface area contributed by atoms with Crippen molar-refractivity contribution in [3.05, 3.63) is 0 Å². The summed E-state index contributed by atoms with van der Waals surface area (Å²) in [6.45, 7) is 1.05. The lowest BCUT2D eigenvalue weighted by Gasteiger charge is -2.14. The summed E-state index contributed by atoms with van der Waals surface area (Å²) in [4.78, 5) is 11.0. The highest BCUT2D eigenvalue weighted by Gasteiger charge is 2.39. The van der Waals surface area contributed by atoms with E-state index in [0.29, 0.717) is 6.42 Å². The van der Waals surface area contributed by atoms with Crippen LogP contribution in [0.1, 0.15) is 45.4 Å². The normalized spacial score (nSPS) is 13.5. The second-order valence-corrected chi connectivity index (χ2v) is 3.90. The van der Waals surface area contributed by atoms with Crippen LogP contribution in [-0.2, 0) is 9.53 Å². The first kappa shape index (κ1) is 16.2. The van der Waals surface area contributed by atoms with Crippen LogP contribution in [0.3, 0.4) is 0 Å². The molecular weight excluding hydrogens is 237 g/mol. The third-order valence-electron chi connectivity index (χ3n) is 2.26. The van der Waals surface area contributed by atoms with Crippen LogP contribution in [0.5, 0.6) is 0 Å². The number of rotatable bonds is 8. The van der Waals surface area contributed by atoms with E-state index in [1.165, 1.54) is 0 Å². The Morgan fingerprint density at radius 3 is 2.35 bits per heavy atom. The molecule has 0 saturated heterocycles. The molecule has 3 nitrogen and oxygen atoms in total. The molecule has 0 bridgehead atoms. The van der Waals surface area contributed by atoms with Crippen molar-refractivity contribution in [1.82, 2.24) is 0 Å². The van der Waals surface area contributed by atoms with Crippen LogP contribution in [0.25, 0.3) is 0 Å². The van der Waals surface area contributed by atoms with Crippen LogP contribution in [-0.4, -0.2) is 30.0 Å². The number of halogens is 3. The Labute approximate surface area is 99.0 Å². The van der Waals surface area contributed by atoms with Crippen molar-refractivity contribution in [3.8, 4) is 0 Å². The number of carbonyl (C=O) groups is 1. The molecular formula is C11H19F3O3. The second-order valence-electron chi connectivity index (χ2n) is 3.90. The van der Waals surface area contributed by atoms with Gasteiger partial charge in [0.25, 0.3) is 0 Å². The molecule has 0 aliphatic heterocycles. The number of hydrogen-bond donors (Lipinski definition) is 1. The largest absolute Gasteiger partial charge is 0.463 e. The number of aliphatic hydroxyl groups is 1. The first-order valence-electron chi connectivity index (χ1n) is 5.78. The van der Waals surface area contributed by atoms with Crippen LogP contribution < -0.4 is 0 Å². The molecule has 0 aromatic heterocycles. The number of unbranched alkanes of at least 4 members (excludes halogenated alkanes) is 4. The molecule has 0 aliphatic carbocycles. The molecule has 0 spiro atoms. The quantitative estimate of drug-likeness (QED) is 0.536. The summed E-state index contributed by atoms with van der Waals surface area (Å²) in [5.41, 5.74) is 0. The number of aliphatic hydroxyl groups excluding tert-OH is 1. The van der Waals surface area contributed by atoms with E-state index in [4.69, 9.17) is 5.11 Å². The predicted molar refractivity (Wildman–Crippen MR) is 56.4 cm³/mol. The lowest BCUT2D eigenvalue weighted by atomic mass is 10.1. The third-order valence-corrected chi connectivity index (χ3v) is 2.26. The van der Waals surface area contributed by atoms with Gasteiger partial charge in [-0.25, -0.2) is 0 Å². The highest BCUT2D eigenvalue weighted by molar-refractivity contribution is 5.69. The van der Waals surface area contributed by atoms with Crippen LogP contribution >= 0.6 is 0 Å². The Bertz CT molecular complexity index is 216. The van der Waals surface area contributed by atoms with Crippen molar-refractivity contribution < 1.29 is 27.8 Å². The van der Waals surface area contributed by atoms with Gasteiger partial charge in [0.2, 0.25) is 0 Å². The van der Waals surface area contributed by atoms with Gasteiger partial charge in [0.1, 0.15) is 6.61 Å². The molecule has 0 aliphatic rings. The van der Waals surface area contributed by atoms with E-state index in [-0.39, 0.29) is 6.42 Å². The van der Waals surface area contributed by atoms with E-state index < -0.39 is 24.9 Å². The smallest absolute Gasteiger partial charge is 0.417 e. The molecule has 6 heteroatoms. The second kappa shape index (κ2) is 8.33. The highest BCUT2D eigenvalue weighted by Crippen LogP contribution is 2.20. The number of hydrogen-bond acceptors (Lipinski definition) is 3. The summed E-state index contributed by atoms with van der Waals surface area (Å²) >= 11 is 0. The van der Waals surface area contributed by atoms with E-state index in [1.807, 2.05) is 0 Å². The first-order valence-corrected chi connectivity index (χ1v) is 5.78. The molecule has 0 heterocycles. The molecule has 0 rings (SSSR count). The minimum Gasteiger partial charge on any atom is -0.463 e. The zero-order valence-electron chi connectivity index (χ0n) is 9.92. The monoisotopic (exact) mass is 256 g/mol. The van der Waals surface area contributed by atoms with Crippen molar-refractivity contribution in [2.24, 2.45) is 0 Å². The van der Waals surface area contributed by atoms with Gasteiger partial charge in [0.15, 0.2) is 6.10 Å². The molecule has 0 fully saturated rings. The van der Waals surface area contributed by atoms with Crippen molar-refractivity contribution in [1.29, 1.82) is 0 Å². The van der Waals surface area contributed by atoms with Gasteiger partial charge in [-0.3, -0.25) is 4.79 Å². The Morgan fingerprint density at radius 2 is 1.82 bits per heavy atom. The van der Waals surface area contributed by atoms with Gasteiger partial charge in [-0.1, -0.05) is 32.6 Å². The molecule has 0 radical (unpaired) electrons. The van der Waals surface area contributed by atoms with Crippen LogP contribution in [0.4, 0.5) is 13.2 Å². The predicted octanol–water partition coefficient (Wildman–Crippen LogP) is 2.81. The fourth-order valence-corrected chi connectivity index (χ4v) is 1.21. The highest BCUT2D eigenvalue weighted by atomic mass is 19.4. The summed E-state index contributed by atoms with van der Waals surface area (Å²) < 4.78 is 39.9. The zero-order chi connectivity index (χ0) is 13.3. The van der Waals surface area contributed by atoms with Gasteiger partial charge in [-0.15, -0.1) is 0 Å². The Hall–Kier alpha value is -0.780. The Balaban J connectivity index is 3.53. The fourth-order valence-electron chi connectivity index (χ4n) is 1.21.